The Bertz CT molecular complexity index is 512. The highest BCUT2D eigenvalue weighted by Gasteiger charge is 2.51. The molecule has 2 atom stereocenters. The fourth-order valence-electron chi connectivity index (χ4n) is 4.64. The molecule has 0 spiro atoms. The lowest BCUT2D eigenvalue weighted by Crippen LogP contribution is -2.56. The van der Waals surface area contributed by atoms with Crippen molar-refractivity contribution in [2.24, 2.45) is 5.41 Å². The van der Waals surface area contributed by atoms with Crippen LogP contribution in [0.5, 0.6) is 0 Å². The predicted molar refractivity (Wildman–Crippen MR) is 150 cm³/mol. The minimum atomic E-state index is -2.00. The fourth-order valence-corrected chi connectivity index (χ4v) is 12.3. The Morgan fingerprint density at radius 3 is 1.57 bits per heavy atom. The first-order valence-corrected chi connectivity index (χ1v) is 18.5. The van der Waals surface area contributed by atoms with Crippen LogP contribution in [0.4, 0.5) is 0 Å². The Kier molecular flexibility index (Phi) is 12.1. The van der Waals surface area contributed by atoms with E-state index in [2.05, 4.69) is 131 Å². The monoisotopic (exact) mass is 568 g/mol. The third kappa shape index (κ3) is 7.16. The first-order valence-electron chi connectivity index (χ1n) is 12.0. The number of alkyl halides is 1. The summed E-state index contributed by atoms with van der Waals surface area (Å²) >= 11 is 2.51. The van der Waals surface area contributed by atoms with Gasteiger partial charge >= 0.3 is 0 Å². The van der Waals surface area contributed by atoms with E-state index in [1.165, 1.54) is 0 Å². The van der Waals surface area contributed by atoms with Crippen molar-refractivity contribution in [2.45, 2.75) is 136 Å². The molecule has 0 heterocycles. The molecule has 0 amide bonds. The minimum absolute atomic E-state index is 0.0686. The summed E-state index contributed by atoms with van der Waals surface area (Å²) in [6, 6.07) is 0. The molecular formula is C25H53IO2Si2. The van der Waals surface area contributed by atoms with E-state index in [0.29, 0.717) is 16.6 Å². The molecule has 180 valence electrons. The first-order chi connectivity index (χ1) is 13.4. The van der Waals surface area contributed by atoms with E-state index in [1.807, 2.05) is 0 Å². The molecule has 0 radical (unpaired) electrons. The first kappa shape index (κ1) is 30.8. The summed E-state index contributed by atoms with van der Waals surface area (Å²) in [7, 11) is -3.88. The second-order valence-electron chi connectivity index (χ2n) is 12.0. The van der Waals surface area contributed by atoms with Gasteiger partial charge in [0.2, 0.25) is 8.32 Å². The third-order valence-corrected chi connectivity index (χ3v) is 18.8. The zero-order valence-corrected chi connectivity index (χ0v) is 26.8. The standard InChI is InChI=1S/C25H53IO2Si2/c1-15-16-22(28-30(19(2)3,20(4)5)21(6)7)25(11,12)23(17-18-26)27-29(13,14)24(8,9)10/h15-16,19-23H,17-18H2,1-14H3/b16-15+/t22-,23-/m0/s1. The summed E-state index contributed by atoms with van der Waals surface area (Å²) < 4.78 is 15.5. The molecule has 0 unspecified atom stereocenters. The maximum atomic E-state index is 7.34. The highest BCUT2D eigenvalue weighted by molar-refractivity contribution is 14.1. The van der Waals surface area contributed by atoms with Gasteiger partial charge in [0.25, 0.3) is 0 Å². The van der Waals surface area contributed by atoms with Gasteiger partial charge in [-0.15, -0.1) is 0 Å². The van der Waals surface area contributed by atoms with Gasteiger partial charge in [-0.2, -0.15) is 0 Å². The van der Waals surface area contributed by atoms with Gasteiger partial charge in [0.05, 0.1) is 12.2 Å². The van der Waals surface area contributed by atoms with Crippen molar-refractivity contribution >= 4 is 39.2 Å². The summed E-state index contributed by atoms with van der Waals surface area (Å²) in [5.41, 5.74) is 1.63. The van der Waals surface area contributed by atoms with Crippen LogP contribution in [0.2, 0.25) is 34.8 Å². The molecule has 0 aliphatic rings. The van der Waals surface area contributed by atoms with Crippen LogP contribution in [-0.2, 0) is 8.85 Å². The van der Waals surface area contributed by atoms with Crippen LogP contribution in [0.15, 0.2) is 12.2 Å². The van der Waals surface area contributed by atoms with Crippen molar-refractivity contribution in [3.05, 3.63) is 12.2 Å². The Balaban J connectivity index is 6.29. The number of hydrogen-bond acceptors (Lipinski definition) is 2. The van der Waals surface area contributed by atoms with Crippen molar-refractivity contribution in [3.63, 3.8) is 0 Å². The van der Waals surface area contributed by atoms with E-state index < -0.39 is 16.6 Å². The fraction of sp³-hybridized carbons (Fsp3) is 0.920. The van der Waals surface area contributed by atoms with Crippen LogP contribution in [-0.4, -0.2) is 33.3 Å². The van der Waals surface area contributed by atoms with Crippen molar-refractivity contribution in [1.29, 1.82) is 0 Å². The average Bonchev–Trinajstić information content (AvgIpc) is 2.55. The van der Waals surface area contributed by atoms with Crippen LogP contribution < -0.4 is 0 Å². The van der Waals surface area contributed by atoms with Crippen LogP contribution in [0.3, 0.4) is 0 Å². The summed E-state index contributed by atoms with van der Waals surface area (Å²) in [6.07, 6.45) is 5.81. The van der Waals surface area contributed by atoms with Crippen molar-refractivity contribution in [2.75, 3.05) is 4.43 Å². The van der Waals surface area contributed by atoms with Gasteiger partial charge in [0.15, 0.2) is 8.32 Å². The number of rotatable bonds is 12. The van der Waals surface area contributed by atoms with Crippen LogP contribution in [0, 0.1) is 5.41 Å². The number of hydrogen-bond donors (Lipinski definition) is 0. The zero-order valence-electron chi connectivity index (χ0n) is 22.7. The summed E-state index contributed by atoms with van der Waals surface area (Å²) in [4.78, 5) is 0. The highest BCUT2D eigenvalue weighted by atomic mass is 127. The van der Waals surface area contributed by atoms with Crippen molar-refractivity contribution in [1.82, 2.24) is 0 Å². The van der Waals surface area contributed by atoms with Gasteiger partial charge in [0.1, 0.15) is 0 Å². The van der Waals surface area contributed by atoms with Gasteiger partial charge in [-0.05, 0) is 48.1 Å². The molecule has 0 aromatic heterocycles. The van der Waals surface area contributed by atoms with Crippen LogP contribution in [0.25, 0.3) is 0 Å². The maximum absolute atomic E-state index is 7.34. The van der Waals surface area contributed by atoms with Gasteiger partial charge in [0, 0.05) is 9.84 Å². The van der Waals surface area contributed by atoms with Crippen molar-refractivity contribution in [3.8, 4) is 0 Å². The molecule has 0 saturated heterocycles. The zero-order chi connectivity index (χ0) is 24.1. The van der Waals surface area contributed by atoms with Crippen molar-refractivity contribution < 1.29 is 8.85 Å². The van der Waals surface area contributed by atoms with Crippen LogP contribution in [0.1, 0.15) is 89.5 Å². The summed E-state index contributed by atoms with van der Waals surface area (Å²) in [5.74, 6) is 0. The maximum Gasteiger partial charge on any atom is 0.201 e. The number of halogens is 1. The second kappa shape index (κ2) is 11.8. The topological polar surface area (TPSA) is 18.5 Å². The largest absolute Gasteiger partial charge is 0.413 e. The molecule has 0 aromatic carbocycles. The molecule has 2 nitrogen and oxygen atoms in total. The minimum Gasteiger partial charge on any atom is -0.413 e. The second-order valence-corrected chi connectivity index (χ2v) is 23.3. The van der Waals surface area contributed by atoms with E-state index in [0.717, 1.165) is 10.8 Å². The average molecular weight is 569 g/mol. The van der Waals surface area contributed by atoms with Gasteiger partial charge < -0.3 is 8.85 Å². The Morgan fingerprint density at radius 2 is 1.27 bits per heavy atom. The molecule has 0 aliphatic heterocycles. The molecule has 0 fully saturated rings. The molecule has 5 heteroatoms. The molecule has 0 bridgehead atoms. The molecule has 0 aromatic rings. The van der Waals surface area contributed by atoms with Gasteiger partial charge in [-0.3, -0.25) is 0 Å². The smallest absolute Gasteiger partial charge is 0.201 e. The molecule has 0 saturated carbocycles. The molecule has 0 aliphatic carbocycles. The molecular weight excluding hydrogens is 515 g/mol. The van der Waals surface area contributed by atoms with E-state index in [9.17, 15) is 0 Å². The predicted octanol–water partition coefficient (Wildman–Crippen LogP) is 9.36. The molecule has 30 heavy (non-hydrogen) atoms. The van der Waals surface area contributed by atoms with Gasteiger partial charge in [-0.1, -0.05) is 111 Å². The summed E-state index contributed by atoms with van der Waals surface area (Å²) in [5, 5.41) is 0.204. The van der Waals surface area contributed by atoms with Crippen LogP contribution >= 0.6 is 22.6 Å². The highest BCUT2D eigenvalue weighted by Crippen LogP contribution is 2.47. The molecule has 0 rings (SSSR count). The van der Waals surface area contributed by atoms with E-state index >= 15 is 0 Å². The third-order valence-electron chi connectivity index (χ3n) is 7.58. The SMILES string of the molecule is C/C=C/[C@H](O[Si](C(C)C)(C(C)C)C(C)C)C(C)(C)[C@H](CCI)O[Si](C)(C)C(C)(C)C. The van der Waals surface area contributed by atoms with E-state index in [4.69, 9.17) is 8.85 Å². The number of allylic oxidation sites excluding steroid dienone is 1. The Morgan fingerprint density at radius 1 is 0.833 bits per heavy atom. The molecule has 0 N–H and O–H groups in total. The normalized spacial score (nSPS) is 16.9. The lowest BCUT2D eigenvalue weighted by atomic mass is 9.79. The lowest BCUT2D eigenvalue weighted by molar-refractivity contribution is -0.0148. The quantitative estimate of drug-likeness (QED) is 0.101. The summed E-state index contributed by atoms with van der Waals surface area (Å²) in [6.45, 7) is 32.9. The Labute approximate surface area is 205 Å². The van der Waals surface area contributed by atoms with Gasteiger partial charge in [-0.25, -0.2) is 0 Å². The van der Waals surface area contributed by atoms with E-state index in [1.54, 1.807) is 0 Å². The Hall–Kier alpha value is 0.824. The lowest BCUT2D eigenvalue weighted by Gasteiger charge is -2.51. The van der Waals surface area contributed by atoms with E-state index in [-0.39, 0.29) is 22.7 Å².